The number of nitriles is 1. The lowest BCUT2D eigenvalue weighted by Gasteiger charge is -2.25. The Balaban J connectivity index is 2.11. The summed E-state index contributed by atoms with van der Waals surface area (Å²) in [5, 5.41) is 9.40. The van der Waals surface area contributed by atoms with Crippen molar-refractivity contribution in [2.75, 3.05) is 0 Å². The van der Waals surface area contributed by atoms with Gasteiger partial charge in [-0.25, -0.2) is 4.79 Å². The summed E-state index contributed by atoms with van der Waals surface area (Å²) in [6, 6.07) is 8.11. The number of rotatable bonds is 2. The summed E-state index contributed by atoms with van der Waals surface area (Å²) in [7, 11) is 0. The van der Waals surface area contributed by atoms with Crippen LogP contribution in [0.4, 0.5) is 13.2 Å². The van der Waals surface area contributed by atoms with Gasteiger partial charge in [0.2, 0.25) is 5.88 Å². The predicted octanol–water partition coefficient (Wildman–Crippen LogP) is 3.07. The standard InChI is InChI=1S/C17H11F3N2O4/c1-8-6-12-14(16(23)24-8)13(11(7-21)15(22)25-12)9-2-4-10(5-3-9)26-17(18,19)20/h2-6,13H,22H2,1H3/t13-/m1/s1. The number of alkyl halides is 3. The highest BCUT2D eigenvalue weighted by molar-refractivity contribution is 5.54. The van der Waals surface area contributed by atoms with Crippen LogP contribution in [0.5, 0.6) is 11.5 Å². The lowest BCUT2D eigenvalue weighted by Crippen LogP contribution is -2.26. The predicted molar refractivity (Wildman–Crippen MR) is 82.1 cm³/mol. The number of benzene rings is 1. The molecule has 3 rings (SSSR count). The van der Waals surface area contributed by atoms with E-state index in [1.807, 2.05) is 6.07 Å². The molecule has 1 aromatic heterocycles. The van der Waals surface area contributed by atoms with Gasteiger partial charge in [-0.3, -0.25) is 0 Å². The van der Waals surface area contributed by atoms with Crippen molar-refractivity contribution in [1.29, 1.82) is 5.26 Å². The first-order chi connectivity index (χ1) is 12.2. The number of hydrogen-bond donors (Lipinski definition) is 1. The van der Waals surface area contributed by atoms with E-state index in [4.69, 9.17) is 14.9 Å². The van der Waals surface area contributed by atoms with Crippen molar-refractivity contribution in [2.24, 2.45) is 5.73 Å². The van der Waals surface area contributed by atoms with Crippen LogP contribution >= 0.6 is 0 Å². The highest BCUT2D eigenvalue weighted by Crippen LogP contribution is 2.40. The maximum absolute atomic E-state index is 12.3. The van der Waals surface area contributed by atoms with Crippen LogP contribution in [-0.2, 0) is 0 Å². The topological polar surface area (TPSA) is 98.5 Å². The second kappa shape index (κ2) is 6.15. The average molecular weight is 364 g/mol. The van der Waals surface area contributed by atoms with Gasteiger partial charge in [-0.1, -0.05) is 12.1 Å². The van der Waals surface area contributed by atoms with E-state index in [1.54, 1.807) is 6.92 Å². The minimum atomic E-state index is -4.83. The number of nitrogens with zero attached hydrogens (tertiary/aromatic N) is 1. The fourth-order valence-electron chi connectivity index (χ4n) is 2.71. The molecular formula is C17H11F3N2O4. The van der Waals surface area contributed by atoms with Crippen molar-refractivity contribution in [3.63, 3.8) is 0 Å². The Bertz CT molecular complexity index is 985. The van der Waals surface area contributed by atoms with Crippen molar-refractivity contribution in [3.05, 3.63) is 69.1 Å². The Labute approximate surface area is 144 Å². The zero-order valence-corrected chi connectivity index (χ0v) is 13.3. The molecule has 0 unspecified atom stereocenters. The van der Waals surface area contributed by atoms with Gasteiger partial charge >= 0.3 is 12.0 Å². The van der Waals surface area contributed by atoms with Crippen molar-refractivity contribution in [1.82, 2.24) is 0 Å². The molecule has 1 aromatic carbocycles. The van der Waals surface area contributed by atoms with Crippen LogP contribution in [-0.4, -0.2) is 6.36 Å². The van der Waals surface area contributed by atoms with Gasteiger partial charge in [-0.15, -0.1) is 13.2 Å². The van der Waals surface area contributed by atoms with Gasteiger partial charge in [0.05, 0.1) is 11.5 Å². The van der Waals surface area contributed by atoms with E-state index in [-0.39, 0.29) is 28.5 Å². The Morgan fingerprint density at radius 3 is 2.50 bits per heavy atom. The second-order valence-corrected chi connectivity index (χ2v) is 5.46. The van der Waals surface area contributed by atoms with Crippen LogP contribution in [0.15, 0.2) is 51.0 Å². The van der Waals surface area contributed by atoms with Gasteiger partial charge in [0.25, 0.3) is 0 Å². The van der Waals surface area contributed by atoms with E-state index in [1.165, 1.54) is 18.2 Å². The van der Waals surface area contributed by atoms with Gasteiger partial charge in [-0.2, -0.15) is 5.26 Å². The van der Waals surface area contributed by atoms with Crippen LogP contribution < -0.4 is 20.8 Å². The maximum Gasteiger partial charge on any atom is 0.573 e. The van der Waals surface area contributed by atoms with Crippen LogP contribution in [0.3, 0.4) is 0 Å². The smallest absolute Gasteiger partial charge is 0.440 e. The molecule has 0 spiro atoms. The van der Waals surface area contributed by atoms with Gasteiger partial charge in [-0.05, 0) is 24.6 Å². The summed E-state index contributed by atoms with van der Waals surface area (Å²) in [5.74, 6) is -1.13. The maximum atomic E-state index is 12.3. The van der Waals surface area contributed by atoms with E-state index in [2.05, 4.69) is 4.74 Å². The lowest BCUT2D eigenvalue weighted by atomic mass is 9.84. The van der Waals surface area contributed by atoms with Gasteiger partial charge in [0.1, 0.15) is 28.9 Å². The molecule has 6 nitrogen and oxygen atoms in total. The van der Waals surface area contributed by atoms with E-state index in [0.717, 1.165) is 12.1 Å². The minimum absolute atomic E-state index is 0.0434. The molecule has 0 bridgehead atoms. The molecule has 0 saturated carbocycles. The number of halogens is 3. The molecule has 26 heavy (non-hydrogen) atoms. The summed E-state index contributed by atoms with van der Waals surface area (Å²) >= 11 is 0. The van der Waals surface area contributed by atoms with Crippen molar-refractivity contribution < 1.29 is 27.1 Å². The first-order valence-corrected chi connectivity index (χ1v) is 7.27. The summed E-state index contributed by atoms with van der Waals surface area (Å²) in [5.41, 5.74) is 5.42. The molecule has 0 fully saturated rings. The average Bonchev–Trinajstić information content (AvgIpc) is 2.52. The fraction of sp³-hybridized carbons (Fsp3) is 0.176. The molecule has 0 amide bonds. The molecule has 134 valence electrons. The zero-order valence-electron chi connectivity index (χ0n) is 13.3. The largest absolute Gasteiger partial charge is 0.573 e. The summed E-state index contributed by atoms with van der Waals surface area (Å²) in [6.07, 6.45) is -4.83. The molecule has 1 atom stereocenters. The number of nitrogens with two attached hydrogens (primary N) is 1. The molecule has 9 heteroatoms. The number of aryl methyl sites for hydroxylation is 1. The Kier molecular flexibility index (Phi) is 4.12. The lowest BCUT2D eigenvalue weighted by molar-refractivity contribution is -0.274. The van der Waals surface area contributed by atoms with E-state index < -0.39 is 23.7 Å². The number of ether oxygens (including phenoxy) is 2. The van der Waals surface area contributed by atoms with E-state index in [0.29, 0.717) is 5.56 Å². The summed E-state index contributed by atoms with van der Waals surface area (Å²) in [4.78, 5) is 12.3. The molecule has 2 aromatic rings. The molecular weight excluding hydrogens is 353 g/mol. The number of hydrogen-bond acceptors (Lipinski definition) is 6. The Hall–Kier alpha value is -3.41. The highest BCUT2D eigenvalue weighted by Gasteiger charge is 2.35. The fourth-order valence-corrected chi connectivity index (χ4v) is 2.71. The molecule has 2 heterocycles. The molecule has 0 saturated heterocycles. The molecule has 1 aliphatic heterocycles. The summed E-state index contributed by atoms with van der Waals surface area (Å²) < 4.78 is 51.1. The van der Waals surface area contributed by atoms with Crippen molar-refractivity contribution in [2.45, 2.75) is 19.2 Å². The van der Waals surface area contributed by atoms with Gasteiger partial charge < -0.3 is 19.6 Å². The number of allylic oxidation sites excluding steroid dienone is 1. The third-order valence-corrected chi connectivity index (χ3v) is 3.70. The van der Waals surface area contributed by atoms with Crippen molar-refractivity contribution in [3.8, 4) is 17.6 Å². The number of fused-ring (bicyclic) bond motifs is 1. The molecule has 0 aliphatic carbocycles. The van der Waals surface area contributed by atoms with Crippen LogP contribution in [0, 0.1) is 18.3 Å². The monoisotopic (exact) mass is 364 g/mol. The van der Waals surface area contributed by atoms with Gasteiger partial charge in [0.15, 0.2) is 0 Å². The first kappa shape index (κ1) is 17.4. The highest BCUT2D eigenvalue weighted by atomic mass is 19.4. The SMILES string of the molecule is Cc1cc2c(c(=O)o1)[C@H](c1ccc(OC(F)(F)F)cc1)C(C#N)=C(N)O2. The van der Waals surface area contributed by atoms with Gasteiger partial charge in [0, 0.05) is 6.07 Å². The molecule has 2 N–H and O–H groups in total. The van der Waals surface area contributed by atoms with Crippen LogP contribution in [0.1, 0.15) is 22.8 Å². The zero-order chi connectivity index (χ0) is 19.1. The van der Waals surface area contributed by atoms with Crippen molar-refractivity contribution >= 4 is 0 Å². The molecule has 0 radical (unpaired) electrons. The van der Waals surface area contributed by atoms with E-state index in [9.17, 15) is 23.2 Å². The third-order valence-electron chi connectivity index (χ3n) is 3.70. The van der Waals surface area contributed by atoms with Crippen LogP contribution in [0.2, 0.25) is 0 Å². The van der Waals surface area contributed by atoms with E-state index >= 15 is 0 Å². The first-order valence-electron chi connectivity index (χ1n) is 7.27. The summed E-state index contributed by atoms with van der Waals surface area (Å²) in [6.45, 7) is 1.54. The Morgan fingerprint density at radius 1 is 1.27 bits per heavy atom. The quantitative estimate of drug-likeness (QED) is 0.879. The minimum Gasteiger partial charge on any atom is -0.440 e. The third kappa shape index (κ3) is 3.21. The second-order valence-electron chi connectivity index (χ2n) is 5.46. The van der Waals surface area contributed by atoms with Crippen LogP contribution in [0.25, 0.3) is 0 Å². The Morgan fingerprint density at radius 2 is 1.92 bits per heavy atom. The molecule has 1 aliphatic rings. The normalized spacial score (nSPS) is 16.5.